The molecule has 1 N–H and O–H groups in total. The van der Waals surface area contributed by atoms with Gasteiger partial charge in [-0.3, -0.25) is 4.79 Å². The molecule has 1 heterocycles. The van der Waals surface area contributed by atoms with Crippen LogP contribution in [0.25, 0.3) is 11.1 Å². The van der Waals surface area contributed by atoms with Crippen LogP contribution in [0.2, 0.25) is 0 Å². The molecule has 1 amide bonds. The number of nitrogens with zero attached hydrogens (tertiary/aromatic N) is 1. The van der Waals surface area contributed by atoms with Crippen LogP contribution in [0, 0.1) is 0 Å². The highest BCUT2D eigenvalue weighted by Gasteiger charge is 2.12. The molecule has 0 fully saturated rings. The number of carbonyl (C=O) groups is 1. The van der Waals surface area contributed by atoms with Crippen LogP contribution in [0.4, 0.5) is 0 Å². The first kappa shape index (κ1) is 8.74. The second kappa shape index (κ2) is 3.49. The van der Waals surface area contributed by atoms with E-state index in [2.05, 4.69) is 10.3 Å². The van der Waals surface area contributed by atoms with E-state index >= 15 is 0 Å². The normalized spacial score (nSPS) is 10.4. The molecule has 1 aromatic carbocycles. The molecule has 0 aliphatic rings. The van der Waals surface area contributed by atoms with Gasteiger partial charge in [-0.2, -0.15) is 0 Å². The molecular formula is C10H10N2O2. The topological polar surface area (TPSA) is 55.1 Å². The van der Waals surface area contributed by atoms with Gasteiger partial charge in [0.25, 0.3) is 5.89 Å². The highest BCUT2D eigenvalue weighted by atomic mass is 16.4. The van der Waals surface area contributed by atoms with E-state index < -0.39 is 0 Å². The number of hydrogen-bond donors (Lipinski definition) is 1. The summed E-state index contributed by atoms with van der Waals surface area (Å²) < 4.78 is 5.26. The monoisotopic (exact) mass is 190 g/mol. The number of oxazole rings is 1. The van der Waals surface area contributed by atoms with Gasteiger partial charge < -0.3 is 9.73 Å². The van der Waals surface area contributed by atoms with Crippen LogP contribution in [0.15, 0.2) is 28.7 Å². The van der Waals surface area contributed by atoms with Gasteiger partial charge >= 0.3 is 5.91 Å². The van der Waals surface area contributed by atoms with E-state index in [4.69, 9.17) is 4.42 Å². The number of para-hydroxylation sites is 2. The molecule has 0 radical (unpaired) electrons. The summed E-state index contributed by atoms with van der Waals surface area (Å²) in [6.07, 6.45) is 0. The minimum absolute atomic E-state index is 0.119. The molecule has 0 aliphatic heterocycles. The molecule has 14 heavy (non-hydrogen) atoms. The first-order valence-electron chi connectivity index (χ1n) is 4.45. The number of carbonyl (C=O) groups excluding carboxylic acids is 1. The standard InChI is InChI=1S/C10H10N2O2/c1-2-11-9(13)10-12-7-5-3-4-6-8(7)14-10/h3-6H,2H2,1H3,(H,11,13). The molecule has 1 aromatic heterocycles. The third-order valence-corrected chi connectivity index (χ3v) is 1.83. The van der Waals surface area contributed by atoms with Crippen molar-refractivity contribution in [1.29, 1.82) is 0 Å². The number of nitrogens with one attached hydrogen (secondary N) is 1. The Hall–Kier alpha value is -1.84. The van der Waals surface area contributed by atoms with Gasteiger partial charge in [0.05, 0.1) is 0 Å². The van der Waals surface area contributed by atoms with Crippen molar-refractivity contribution in [3.05, 3.63) is 30.2 Å². The maximum atomic E-state index is 11.3. The first-order chi connectivity index (χ1) is 6.81. The summed E-state index contributed by atoms with van der Waals surface area (Å²) in [6, 6.07) is 7.29. The lowest BCUT2D eigenvalue weighted by Crippen LogP contribution is -2.22. The Bertz CT molecular complexity index is 429. The maximum absolute atomic E-state index is 11.3. The lowest BCUT2D eigenvalue weighted by atomic mass is 10.3. The predicted molar refractivity (Wildman–Crippen MR) is 52.0 cm³/mol. The predicted octanol–water partition coefficient (Wildman–Crippen LogP) is 1.58. The van der Waals surface area contributed by atoms with Crippen molar-refractivity contribution in [3.8, 4) is 0 Å². The molecule has 0 bridgehead atoms. The summed E-state index contributed by atoms with van der Waals surface area (Å²) in [4.78, 5) is 15.4. The lowest BCUT2D eigenvalue weighted by molar-refractivity contribution is 0.0923. The molecule has 0 saturated heterocycles. The number of fused-ring (bicyclic) bond motifs is 1. The van der Waals surface area contributed by atoms with Crippen molar-refractivity contribution in [2.75, 3.05) is 6.54 Å². The number of aromatic nitrogens is 1. The largest absolute Gasteiger partial charge is 0.432 e. The van der Waals surface area contributed by atoms with Gasteiger partial charge in [0.15, 0.2) is 5.58 Å². The van der Waals surface area contributed by atoms with Crippen LogP contribution in [0.1, 0.15) is 17.6 Å². The lowest BCUT2D eigenvalue weighted by Gasteiger charge is -1.94. The van der Waals surface area contributed by atoms with E-state index in [0.717, 1.165) is 0 Å². The highest BCUT2D eigenvalue weighted by Crippen LogP contribution is 2.14. The molecule has 72 valence electrons. The molecule has 2 rings (SSSR count). The smallest absolute Gasteiger partial charge is 0.307 e. The summed E-state index contributed by atoms with van der Waals surface area (Å²) in [5.74, 6) is -0.156. The van der Waals surface area contributed by atoms with Gasteiger partial charge in [-0.05, 0) is 19.1 Å². The molecular weight excluding hydrogens is 180 g/mol. The number of rotatable bonds is 2. The van der Waals surface area contributed by atoms with E-state index in [-0.39, 0.29) is 11.8 Å². The van der Waals surface area contributed by atoms with Crippen LogP contribution < -0.4 is 5.32 Å². The fraction of sp³-hybridized carbons (Fsp3) is 0.200. The van der Waals surface area contributed by atoms with Crippen molar-refractivity contribution in [2.45, 2.75) is 6.92 Å². The van der Waals surface area contributed by atoms with Crippen LogP contribution in [-0.4, -0.2) is 17.4 Å². The van der Waals surface area contributed by atoms with Gasteiger partial charge in [-0.15, -0.1) is 0 Å². The fourth-order valence-corrected chi connectivity index (χ4v) is 1.21. The Kier molecular flexibility index (Phi) is 2.18. The number of benzene rings is 1. The summed E-state index contributed by atoms with van der Waals surface area (Å²) in [5.41, 5.74) is 1.34. The van der Waals surface area contributed by atoms with Crippen LogP contribution in [-0.2, 0) is 0 Å². The second-order valence-electron chi connectivity index (χ2n) is 2.85. The zero-order valence-electron chi connectivity index (χ0n) is 7.78. The molecule has 0 spiro atoms. The maximum Gasteiger partial charge on any atom is 0.307 e. The van der Waals surface area contributed by atoms with E-state index in [9.17, 15) is 4.79 Å². The van der Waals surface area contributed by atoms with Gasteiger partial charge in [0, 0.05) is 6.54 Å². The van der Waals surface area contributed by atoms with Gasteiger partial charge in [-0.1, -0.05) is 12.1 Å². The fourth-order valence-electron chi connectivity index (χ4n) is 1.21. The van der Waals surface area contributed by atoms with E-state index in [1.54, 1.807) is 6.07 Å². The second-order valence-corrected chi connectivity index (χ2v) is 2.85. The van der Waals surface area contributed by atoms with Crippen LogP contribution >= 0.6 is 0 Å². The van der Waals surface area contributed by atoms with Crippen molar-refractivity contribution >= 4 is 17.0 Å². The Morgan fingerprint density at radius 3 is 3.00 bits per heavy atom. The quantitative estimate of drug-likeness (QED) is 0.782. The van der Waals surface area contributed by atoms with Crippen LogP contribution in [0.5, 0.6) is 0 Å². The molecule has 4 nitrogen and oxygen atoms in total. The zero-order valence-corrected chi connectivity index (χ0v) is 7.78. The average molecular weight is 190 g/mol. The Labute approximate surface area is 80.9 Å². The molecule has 0 atom stereocenters. The Morgan fingerprint density at radius 2 is 2.29 bits per heavy atom. The summed E-state index contributed by atoms with van der Waals surface area (Å²) in [5, 5.41) is 2.63. The SMILES string of the molecule is CCNC(=O)c1nc2ccccc2o1. The molecule has 2 aromatic rings. The minimum Gasteiger partial charge on any atom is -0.432 e. The highest BCUT2D eigenvalue weighted by molar-refractivity contribution is 5.92. The van der Waals surface area contributed by atoms with Crippen molar-refractivity contribution in [1.82, 2.24) is 10.3 Å². The van der Waals surface area contributed by atoms with E-state index in [0.29, 0.717) is 17.6 Å². The average Bonchev–Trinajstić information content (AvgIpc) is 2.61. The number of amides is 1. The summed E-state index contributed by atoms with van der Waals surface area (Å²) in [7, 11) is 0. The van der Waals surface area contributed by atoms with E-state index in [1.165, 1.54) is 0 Å². The summed E-state index contributed by atoms with van der Waals surface area (Å²) >= 11 is 0. The zero-order chi connectivity index (χ0) is 9.97. The van der Waals surface area contributed by atoms with Crippen molar-refractivity contribution < 1.29 is 9.21 Å². The van der Waals surface area contributed by atoms with E-state index in [1.807, 2.05) is 25.1 Å². The van der Waals surface area contributed by atoms with Gasteiger partial charge in [0.2, 0.25) is 0 Å². The van der Waals surface area contributed by atoms with Crippen molar-refractivity contribution in [3.63, 3.8) is 0 Å². The third kappa shape index (κ3) is 1.46. The van der Waals surface area contributed by atoms with Gasteiger partial charge in [0.1, 0.15) is 5.52 Å². The molecule has 0 saturated carbocycles. The van der Waals surface area contributed by atoms with Crippen molar-refractivity contribution in [2.24, 2.45) is 0 Å². The Morgan fingerprint density at radius 1 is 1.50 bits per heavy atom. The van der Waals surface area contributed by atoms with Crippen LogP contribution in [0.3, 0.4) is 0 Å². The number of hydrogen-bond acceptors (Lipinski definition) is 3. The molecule has 0 aliphatic carbocycles. The summed E-state index contributed by atoms with van der Waals surface area (Å²) in [6.45, 7) is 2.41. The third-order valence-electron chi connectivity index (χ3n) is 1.83. The Balaban J connectivity index is 2.40. The molecule has 4 heteroatoms. The minimum atomic E-state index is -0.274. The molecule has 0 unspecified atom stereocenters. The first-order valence-corrected chi connectivity index (χ1v) is 4.45. The van der Waals surface area contributed by atoms with Gasteiger partial charge in [-0.25, -0.2) is 4.98 Å².